The van der Waals surface area contributed by atoms with Crippen molar-refractivity contribution in [3.8, 4) is 0 Å². The van der Waals surface area contributed by atoms with E-state index in [0.29, 0.717) is 6.54 Å². The maximum absolute atomic E-state index is 12.0. The van der Waals surface area contributed by atoms with Gasteiger partial charge in [-0.1, -0.05) is 0 Å². The third-order valence-electron chi connectivity index (χ3n) is 3.69. The molecule has 0 unspecified atom stereocenters. The smallest absolute Gasteiger partial charge is 0.252 e. The lowest BCUT2D eigenvalue weighted by Gasteiger charge is -2.25. The van der Waals surface area contributed by atoms with Crippen molar-refractivity contribution < 1.29 is 9.21 Å². The van der Waals surface area contributed by atoms with Crippen LogP contribution in [0, 0.1) is 0 Å². The van der Waals surface area contributed by atoms with E-state index in [-0.39, 0.29) is 11.9 Å². The van der Waals surface area contributed by atoms with Crippen LogP contribution in [0.15, 0.2) is 39.6 Å². The number of nitrogens with one attached hydrogen (secondary N) is 1. The van der Waals surface area contributed by atoms with Crippen molar-refractivity contribution in [1.29, 1.82) is 0 Å². The lowest BCUT2D eigenvalue weighted by molar-refractivity contribution is 0.0934. The van der Waals surface area contributed by atoms with Gasteiger partial charge in [0.15, 0.2) is 0 Å². The number of hydrogen-bond donors (Lipinski definition) is 1. The van der Waals surface area contributed by atoms with Gasteiger partial charge < -0.3 is 9.73 Å². The Hall–Kier alpha value is -1.59. The van der Waals surface area contributed by atoms with E-state index in [1.54, 1.807) is 6.26 Å². The Bertz CT molecular complexity index is 530. The van der Waals surface area contributed by atoms with E-state index in [4.69, 9.17) is 4.42 Å². The molecule has 1 atom stereocenters. The van der Waals surface area contributed by atoms with Crippen molar-refractivity contribution in [2.75, 3.05) is 19.6 Å². The first-order valence-corrected chi connectivity index (χ1v) is 7.87. The van der Waals surface area contributed by atoms with Crippen LogP contribution in [-0.2, 0) is 0 Å². The van der Waals surface area contributed by atoms with Crippen LogP contribution in [0.2, 0.25) is 0 Å². The average Bonchev–Trinajstić information content (AvgIpc) is 3.22. The molecule has 0 bridgehead atoms. The molecule has 1 aliphatic rings. The second-order valence-electron chi connectivity index (χ2n) is 5.00. The summed E-state index contributed by atoms with van der Waals surface area (Å²) in [4.78, 5) is 14.4. The predicted octanol–water partition coefficient (Wildman–Crippen LogP) is 2.91. The molecule has 1 amide bonds. The molecule has 0 aliphatic carbocycles. The van der Waals surface area contributed by atoms with Gasteiger partial charge >= 0.3 is 0 Å². The number of amides is 1. The molecule has 3 heterocycles. The van der Waals surface area contributed by atoms with Gasteiger partial charge in [0.05, 0.1) is 12.3 Å². The number of likely N-dealkylation sites (tertiary alicyclic amines) is 1. The molecular weight excluding hydrogens is 272 g/mol. The highest BCUT2D eigenvalue weighted by Crippen LogP contribution is 2.25. The van der Waals surface area contributed by atoms with E-state index >= 15 is 0 Å². The molecule has 20 heavy (non-hydrogen) atoms. The molecule has 0 spiro atoms. The lowest BCUT2D eigenvalue weighted by atomic mass is 10.2. The van der Waals surface area contributed by atoms with Gasteiger partial charge in [0, 0.05) is 17.5 Å². The van der Waals surface area contributed by atoms with Gasteiger partial charge in [-0.25, -0.2) is 0 Å². The highest BCUT2D eigenvalue weighted by atomic mass is 32.1. The summed E-state index contributed by atoms with van der Waals surface area (Å²) in [7, 11) is 0. The molecule has 3 rings (SSSR count). The lowest BCUT2D eigenvalue weighted by Crippen LogP contribution is -2.36. The maximum Gasteiger partial charge on any atom is 0.252 e. The number of rotatable bonds is 5. The first-order valence-electron chi connectivity index (χ1n) is 6.92. The number of carbonyl (C=O) groups excluding carboxylic acids is 1. The zero-order valence-electron chi connectivity index (χ0n) is 11.2. The number of hydrogen-bond acceptors (Lipinski definition) is 4. The van der Waals surface area contributed by atoms with E-state index in [9.17, 15) is 4.79 Å². The maximum atomic E-state index is 12.0. The second kappa shape index (κ2) is 6.24. The fraction of sp³-hybridized carbons (Fsp3) is 0.400. The van der Waals surface area contributed by atoms with Crippen LogP contribution in [0.3, 0.4) is 0 Å². The molecule has 106 valence electrons. The van der Waals surface area contributed by atoms with Gasteiger partial charge in [0.1, 0.15) is 5.76 Å². The minimum atomic E-state index is -0.0120. The SMILES string of the molecule is O=C(NC[C@H](c1ccco1)N1CCCC1)c1ccsc1. The topological polar surface area (TPSA) is 45.5 Å². The summed E-state index contributed by atoms with van der Waals surface area (Å²) in [6, 6.07) is 5.87. The summed E-state index contributed by atoms with van der Waals surface area (Å²) in [5.74, 6) is 0.916. The number of nitrogens with zero attached hydrogens (tertiary/aromatic N) is 1. The van der Waals surface area contributed by atoms with E-state index in [1.165, 1.54) is 24.2 Å². The van der Waals surface area contributed by atoms with Gasteiger partial charge in [0.25, 0.3) is 5.91 Å². The fourth-order valence-electron chi connectivity index (χ4n) is 2.63. The molecule has 1 aliphatic heterocycles. The van der Waals surface area contributed by atoms with Crippen LogP contribution >= 0.6 is 11.3 Å². The highest BCUT2D eigenvalue weighted by Gasteiger charge is 2.26. The van der Waals surface area contributed by atoms with Gasteiger partial charge in [-0.3, -0.25) is 9.69 Å². The third kappa shape index (κ3) is 2.94. The fourth-order valence-corrected chi connectivity index (χ4v) is 3.26. The normalized spacial score (nSPS) is 17.2. The van der Waals surface area contributed by atoms with Gasteiger partial charge in [0.2, 0.25) is 0 Å². The highest BCUT2D eigenvalue weighted by molar-refractivity contribution is 7.08. The number of furan rings is 1. The summed E-state index contributed by atoms with van der Waals surface area (Å²) in [6.07, 6.45) is 4.13. The Morgan fingerprint density at radius 3 is 2.90 bits per heavy atom. The molecule has 1 saturated heterocycles. The summed E-state index contributed by atoms with van der Waals surface area (Å²) in [5.41, 5.74) is 0.731. The molecule has 1 fully saturated rings. The van der Waals surface area contributed by atoms with Crippen LogP contribution in [0.1, 0.15) is 35.0 Å². The van der Waals surface area contributed by atoms with Crippen molar-refractivity contribution in [3.63, 3.8) is 0 Å². The first-order chi connectivity index (χ1) is 9.84. The molecule has 2 aromatic rings. The Kier molecular flexibility index (Phi) is 4.18. The van der Waals surface area contributed by atoms with Crippen molar-refractivity contribution in [2.24, 2.45) is 0 Å². The van der Waals surface area contributed by atoms with Crippen molar-refractivity contribution in [1.82, 2.24) is 10.2 Å². The summed E-state index contributed by atoms with van der Waals surface area (Å²) in [5, 5.41) is 6.80. The third-order valence-corrected chi connectivity index (χ3v) is 4.38. The summed E-state index contributed by atoms with van der Waals surface area (Å²) in [6.45, 7) is 2.72. The van der Waals surface area contributed by atoms with Crippen LogP contribution in [0.4, 0.5) is 0 Å². The van der Waals surface area contributed by atoms with Crippen LogP contribution in [0.25, 0.3) is 0 Å². The molecular formula is C15H18N2O2S. The average molecular weight is 290 g/mol. The van der Waals surface area contributed by atoms with Crippen LogP contribution in [-0.4, -0.2) is 30.4 Å². The molecule has 2 aromatic heterocycles. The Balaban J connectivity index is 1.66. The standard InChI is InChI=1S/C15H18N2O2S/c18-15(12-5-9-20-11-12)16-10-13(14-4-3-8-19-14)17-6-1-2-7-17/h3-5,8-9,11,13H,1-2,6-7,10H2,(H,16,18)/t13-/m1/s1. The van der Waals surface area contributed by atoms with Crippen molar-refractivity contribution >= 4 is 17.2 Å². The van der Waals surface area contributed by atoms with Crippen LogP contribution in [0.5, 0.6) is 0 Å². The molecule has 4 nitrogen and oxygen atoms in total. The monoisotopic (exact) mass is 290 g/mol. The van der Waals surface area contributed by atoms with Gasteiger partial charge in [-0.15, -0.1) is 0 Å². The first kappa shape index (κ1) is 13.4. The minimum absolute atomic E-state index is 0.0120. The van der Waals surface area contributed by atoms with E-state index in [0.717, 1.165) is 24.4 Å². The Morgan fingerprint density at radius 1 is 1.40 bits per heavy atom. The Morgan fingerprint density at radius 2 is 2.25 bits per heavy atom. The molecule has 0 radical (unpaired) electrons. The van der Waals surface area contributed by atoms with E-state index < -0.39 is 0 Å². The molecule has 0 aromatic carbocycles. The van der Waals surface area contributed by atoms with Crippen molar-refractivity contribution in [2.45, 2.75) is 18.9 Å². The zero-order chi connectivity index (χ0) is 13.8. The summed E-state index contributed by atoms with van der Waals surface area (Å²) < 4.78 is 5.54. The second-order valence-corrected chi connectivity index (χ2v) is 5.78. The molecule has 0 saturated carbocycles. The zero-order valence-corrected chi connectivity index (χ0v) is 12.1. The predicted molar refractivity (Wildman–Crippen MR) is 78.9 cm³/mol. The Labute approximate surface area is 122 Å². The molecule has 5 heteroatoms. The quantitative estimate of drug-likeness (QED) is 0.921. The van der Waals surface area contributed by atoms with Crippen LogP contribution < -0.4 is 5.32 Å². The molecule has 1 N–H and O–H groups in total. The number of thiophene rings is 1. The van der Waals surface area contributed by atoms with Gasteiger partial charge in [-0.05, 0) is 49.5 Å². The summed E-state index contributed by atoms with van der Waals surface area (Å²) >= 11 is 1.54. The largest absolute Gasteiger partial charge is 0.468 e. The van der Waals surface area contributed by atoms with E-state index in [2.05, 4.69) is 10.2 Å². The van der Waals surface area contributed by atoms with E-state index in [1.807, 2.05) is 29.0 Å². The van der Waals surface area contributed by atoms with Crippen molar-refractivity contribution in [3.05, 3.63) is 46.5 Å². The minimum Gasteiger partial charge on any atom is -0.468 e. The van der Waals surface area contributed by atoms with Gasteiger partial charge in [-0.2, -0.15) is 11.3 Å². The number of carbonyl (C=O) groups is 1.